The second-order valence-corrected chi connectivity index (χ2v) is 11.4. The zero-order valence-electron chi connectivity index (χ0n) is 25.5. The van der Waals surface area contributed by atoms with Crippen molar-refractivity contribution in [1.29, 1.82) is 10.5 Å². The Hall–Kier alpha value is -4.54. The van der Waals surface area contributed by atoms with E-state index in [1.165, 1.54) is 55.6 Å². The minimum absolute atomic E-state index is 0.653. The van der Waals surface area contributed by atoms with Gasteiger partial charge in [-0.25, -0.2) is 0 Å². The molecule has 0 spiro atoms. The fourth-order valence-corrected chi connectivity index (χ4v) is 6.00. The van der Waals surface area contributed by atoms with Gasteiger partial charge in [-0.05, 0) is 153 Å². The van der Waals surface area contributed by atoms with Gasteiger partial charge >= 0.3 is 0 Å². The largest absolute Gasteiger partial charge is 0.387 e. The van der Waals surface area contributed by atoms with E-state index in [1.807, 2.05) is 27.7 Å². The van der Waals surface area contributed by atoms with E-state index < -0.39 is 0 Å². The summed E-state index contributed by atoms with van der Waals surface area (Å²) < 4.78 is 10.4. The Kier molecular flexibility index (Phi) is 8.85. The molecule has 0 aliphatic rings. The predicted molar refractivity (Wildman–Crippen MR) is 165 cm³/mol. The number of hydrogen-bond acceptors (Lipinski definition) is 4. The average Bonchev–Trinajstić information content (AvgIpc) is 2.89. The fourth-order valence-electron chi connectivity index (χ4n) is 6.00. The Morgan fingerprint density at radius 1 is 0.415 bits per heavy atom. The molecular weight excluding hydrogens is 504 g/mol. The Morgan fingerprint density at radius 2 is 0.707 bits per heavy atom. The topological polar surface area (TPSA) is 66.0 Å². The minimum Gasteiger partial charge on any atom is -0.387 e. The van der Waals surface area contributed by atoms with Crippen LogP contribution in [0.5, 0.6) is 11.5 Å². The van der Waals surface area contributed by atoms with Gasteiger partial charge in [0.15, 0.2) is 0 Å². The van der Waals surface area contributed by atoms with Gasteiger partial charge in [0.1, 0.15) is 11.5 Å². The number of rotatable bonds is 8. The number of aryl methyl sites for hydroxylation is 8. The first-order chi connectivity index (χ1) is 19.5. The van der Waals surface area contributed by atoms with Crippen molar-refractivity contribution in [3.8, 4) is 24.0 Å². The number of hydrogen-bond donors (Lipinski definition) is 0. The van der Waals surface area contributed by atoms with Crippen LogP contribution in [0.3, 0.4) is 0 Å². The van der Waals surface area contributed by atoms with E-state index in [0.717, 1.165) is 41.5 Å². The Balaban J connectivity index is 1.63. The Bertz CT molecular complexity index is 1540. The van der Waals surface area contributed by atoms with Gasteiger partial charge in [0.05, 0.1) is 0 Å². The SMILES string of the molecule is Cc1cc(C)c(Cc2cc(Cc3cc(C)c(OC#N)c(C)c3)c(C)cc2C)cc1Cc1cc(C)c(OC#N)c(C)c1. The molecule has 4 rings (SSSR count). The highest BCUT2D eigenvalue weighted by molar-refractivity contribution is 5.50. The van der Waals surface area contributed by atoms with Crippen molar-refractivity contribution in [1.82, 2.24) is 0 Å². The first kappa shape index (κ1) is 29.4. The molecule has 4 aromatic rings. The van der Waals surface area contributed by atoms with Crippen molar-refractivity contribution in [2.24, 2.45) is 0 Å². The van der Waals surface area contributed by atoms with Gasteiger partial charge < -0.3 is 9.47 Å². The van der Waals surface area contributed by atoms with Gasteiger partial charge in [-0.1, -0.05) is 48.5 Å². The van der Waals surface area contributed by atoms with E-state index in [-0.39, 0.29) is 0 Å². The van der Waals surface area contributed by atoms with Crippen LogP contribution >= 0.6 is 0 Å². The van der Waals surface area contributed by atoms with Crippen LogP contribution in [-0.4, -0.2) is 0 Å². The molecule has 0 atom stereocenters. The van der Waals surface area contributed by atoms with E-state index >= 15 is 0 Å². The third-order valence-electron chi connectivity index (χ3n) is 8.09. The molecule has 0 radical (unpaired) electrons. The van der Waals surface area contributed by atoms with Crippen molar-refractivity contribution < 1.29 is 9.47 Å². The van der Waals surface area contributed by atoms with E-state index in [4.69, 9.17) is 20.0 Å². The smallest absolute Gasteiger partial charge is 0.292 e. The van der Waals surface area contributed by atoms with Crippen molar-refractivity contribution in [2.75, 3.05) is 0 Å². The summed E-state index contributed by atoms with van der Waals surface area (Å²) >= 11 is 0. The van der Waals surface area contributed by atoms with Gasteiger partial charge in [-0.3, -0.25) is 0 Å². The zero-order valence-corrected chi connectivity index (χ0v) is 25.5. The van der Waals surface area contributed by atoms with Gasteiger partial charge in [0, 0.05) is 0 Å². The molecule has 0 amide bonds. The summed E-state index contributed by atoms with van der Waals surface area (Å²) in [6.45, 7) is 16.7. The molecular formula is C37H38N2O2. The van der Waals surface area contributed by atoms with Crippen LogP contribution in [0.2, 0.25) is 0 Å². The lowest BCUT2D eigenvalue weighted by atomic mass is 9.88. The Morgan fingerprint density at radius 3 is 1.00 bits per heavy atom. The van der Waals surface area contributed by atoms with Crippen LogP contribution in [0.25, 0.3) is 0 Å². The molecule has 0 aromatic heterocycles. The van der Waals surface area contributed by atoms with Gasteiger partial charge in [0.25, 0.3) is 12.5 Å². The maximum atomic E-state index is 8.98. The molecule has 4 heteroatoms. The molecule has 4 aromatic carbocycles. The van der Waals surface area contributed by atoms with Crippen LogP contribution < -0.4 is 9.47 Å². The highest BCUT2D eigenvalue weighted by Crippen LogP contribution is 2.30. The molecule has 41 heavy (non-hydrogen) atoms. The molecule has 0 saturated heterocycles. The number of nitrogens with zero attached hydrogens (tertiary/aromatic N) is 2. The van der Waals surface area contributed by atoms with Gasteiger partial charge in [0.2, 0.25) is 0 Å². The van der Waals surface area contributed by atoms with E-state index in [1.54, 1.807) is 12.5 Å². The summed E-state index contributed by atoms with van der Waals surface area (Å²) in [6.07, 6.45) is 6.14. The number of benzene rings is 4. The molecule has 0 aliphatic carbocycles. The van der Waals surface area contributed by atoms with Crippen LogP contribution in [0, 0.1) is 78.4 Å². The third-order valence-corrected chi connectivity index (χ3v) is 8.09. The second-order valence-electron chi connectivity index (χ2n) is 11.4. The third kappa shape index (κ3) is 6.62. The van der Waals surface area contributed by atoms with Crippen molar-refractivity contribution >= 4 is 0 Å². The van der Waals surface area contributed by atoms with Crippen molar-refractivity contribution in [3.63, 3.8) is 0 Å². The highest BCUT2D eigenvalue weighted by Gasteiger charge is 2.14. The Labute approximate surface area is 244 Å². The normalized spacial score (nSPS) is 10.7. The van der Waals surface area contributed by atoms with Crippen LogP contribution in [0.1, 0.15) is 77.9 Å². The molecule has 0 fully saturated rings. The monoisotopic (exact) mass is 542 g/mol. The van der Waals surface area contributed by atoms with Gasteiger partial charge in [-0.15, -0.1) is 10.5 Å². The molecule has 4 nitrogen and oxygen atoms in total. The standard InChI is InChI=1S/C37H38N2O2/c1-22-9-24(3)34(17-32(22)15-30-11-26(5)36(40-20-38)27(6)12-30)19-35-18-33(23(2)10-25(35)4)16-31-13-28(7)37(41-21-39)29(8)14-31/h9-14,17-18H,15-16,19H2,1-8H3. The van der Waals surface area contributed by atoms with E-state index in [2.05, 4.69) is 76.2 Å². The predicted octanol–water partition coefficient (Wildman–Crippen LogP) is 8.65. The molecule has 0 bridgehead atoms. The number of ether oxygens (including phenoxy) is 2. The van der Waals surface area contributed by atoms with E-state index in [0.29, 0.717) is 11.5 Å². The fraction of sp³-hybridized carbons (Fsp3) is 0.297. The van der Waals surface area contributed by atoms with Gasteiger partial charge in [-0.2, -0.15) is 0 Å². The van der Waals surface area contributed by atoms with Crippen molar-refractivity contribution in [2.45, 2.75) is 74.7 Å². The lowest BCUT2D eigenvalue weighted by Crippen LogP contribution is -2.03. The summed E-state index contributed by atoms with van der Waals surface area (Å²) in [6, 6.07) is 17.8. The molecule has 0 N–H and O–H groups in total. The zero-order chi connectivity index (χ0) is 29.8. The van der Waals surface area contributed by atoms with Crippen LogP contribution in [0.15, 0.2) is 48.5 Å². The maximum Gasteiger partial charge on any atom is 0.292 e. The summed E-state index contributed by atoms with van der Waals surface area (Å²) in [5, 5.41) is 18.0. The molecule has 208 valence electrons. The molecule has 0 saturated carbocycles. The lowest BCUT2D eigenvalue weighted by Gasteiger charge is -2.17. The maximum absolute atomic E-state index is 8.98. The quantitative estimate of drug-likeness (QED) is 0.209. The average molecular weight is 543 g/mol. The van der Waals surface area contributed by atoms with Crippen LogP contribution in [0.4, 0.5) is 0 Å². The summed E-state index contributed by atoms with van der Waals surface area (Å²) in [5.41, 5.74) is 16.8. The summed E-state index contributed by atoms with van der Waals surface area (Å²) in [5.74, 6) is 1.31. The molecule has 0 aliphatic heterocycles. The first-order valence-electron chi connectivity index (χ1n) is 14.0. The van der Waals surface area contributed by atoms with Crippen molar-refractivity contribution in [3.05, 3.63) is 126 Å². The van der Waals surface area contributed by atoms with Crippen LogP contribution in [-0.2, 0) is 19.3 Å². The summed E-state index contributed by atoms with van der Waals surface area (Å²) in [7, 11) is 0. The minimum atomic E-state index is 0.653. The number of nitriles is 2. The van der Waals surface area contributed by atoms with E-state index in [9.17, 15) is 0 Å². The molecule has 0 heterocycles. The summed E-state index contributed by atoms with van der Waals surface area (Å²) in [4.78, 5) is 0. The first-order valence-corrected chi connectivity index (χ1v) is 14.0. The lowest BCUT2D eigenvalue weighted by molar-refractivity contribution is 0.498. The molecule has 0 unspecified atom stereocenters. The second kappa shape index (κ2) is 12.3. The highest BCUT2D eigenvalue weighted by atomic mass is 16.5.